The Kier molecular flexibility index (Phi) is 53.7. The van der Waals surface area contributed by atoms with Gasteiger partial charge in [0.2, 0.25) is 5.91 Å². The van der Waals surface area contributed by atoms with E-state index in [1.54, 1.807) is 6.08 Å². The molecule has 78 heavy (non-hydrogen) atoms. The van der Waals surface area contributed by atoms with E-state index in [9.17, 15) is 35.1 Å². The fourth-order valence-electron chi connectivity index (χ4n) is 10.4. The highest BCUT2D eigenvalue weighted by Gasteiger charge is 2.44. The highest BCUT2D eigenvalue weighted by molar-refractivity contribution is 5.76. The van der Waals surface area contributed by atoms with Crippen molar-refractivity contribution in [3.05, 3.63) is 36.5 Å². The van der Waals surface area contributed by atoms with Crippen molar-refractivity contribution in [2.75, 3.05) is 19.8 Å². The van der Waals surface area contributed by atoms with E-state index in [1.165, 1.54) is 231 Å². The molecular formula is C67H125NO10. The monoisotopic (exact) mass is 1100 g/mol. The highest BCUT2D eigenvalue weighted by atomic mass is 16.7. The minimum atomic E-state index is -1.57. The first-order chi connectivity index (χ1) is 38.2. The minimum absolute atomic E-state index is 0.00262. The molecule has 0 bridgehead atoms. The van der Waals surface area contributed by atoms with E-state index in [-0.39, 0.29) is 18.5 Å². The van der Waals surface area contributed by atoms with Gasteiger partial charge >= 0.3 is 5.97 Å². The number of carbonyl (C=O) groups is 2. The van der Waals surface area contributed by atoms with Gasteiger partial charge in [-0.05, 0) is 83.5 Å². The van der Waals surface area contributed by atoms with Crippen molar-refractivity contribution in [1.82, 2.24) is 5.32 Å². The van der Waals surface area contributed by atoms with Gasteiger partial charge in [-0.15, -0.1) is 0 Å². The number of esters is 1. The number of rotatable bonds is 58. The van der Waals surface area contributed by atoms with Crippen LogP contribution in [-0.2, 0) is 23.8 Å². The van der Waals surface area contributed by atoms with Gasteiger partial charge in [0.05, 0.1) is 32.0 Å². The number of allylic oxidation sites excluding steroid dienone is 5. The molecule has 1 aliphatic rings. The van der Waals surface area contributed by atoms with E-state index in [4.69, 9.17) is 14.2 Å². The molecule has 6 N–H and O–H groups in total. The minimum Gasteiger partial charge on any atom is -0.466 e. The molecule has 1 rings (SSSR count). The van der Waals surface area contributed by atoms with Crippen LogP contribution in [0.3, 0.4) is 0 Å². The Morgan fingerprint density at radius 3 is 1.24 bits per heavy atom. The maximum Gasteiger partial charge on any atom is 0.305 e. The molecule has 0 aromatic carbocycles. The molecule has 1 amide bonds. The van der Waals surface area contributed by atoms with E-state index in [0.717, 1.165) is 57.8 Å². The van der Waals surface area contributed by atoms with Gasteiger partial charge in [0.25, 0.3) is 0 Å². The molecule has 1 heterocycles. The summed E-state index contributed by atoms with van der Waals surface area (Å²) in [5, 5.41) is 54.3. The number of unbranched alkanes of at least 4 members (excludes halogenated alkanes) is 40. The second-order valence-electron chi connectivity index (χ2n) is 23.2. The first-order valence-corrected chi connectivity index (χ1v) is 33.3. The summed E-state index contributed by atoms with van der Waals surface area (Å²) in [4.78, 5) is 25.0. The summed E-state index contributed by atoms with van der Waals surface area (Å²) in [7, 11) is 0. The van der Waals surface area contributed by atoms with E-state index >= 15 is 0 Å². The summed E-state index contributed by atoms with van der Waals surface area (Å²) >= 11 is 0. The maximum absolute atomic E-state index is 13.0. The third-order valence-corrected chi connectivity index (χ3v) is 15.7. The van der Waals surface area contributed by atoms with Crippen LogP contribution in [-0.4, -0.2) is 100 Å². The maximum atomic E-state index is 13.0. The number of aliphatic hydroxyl groups excluding tert-OH is 5. The number of ether oxygens (including phenoxy) is 3. The predicted molar refractivity (Wildman–Crippen MR) is 324 cm³/mol. The van der Waals surface area contributed by atoms with Gasteiger partial charge in [0, 0.05) is 12.8 Å². The molecule has 1 fully saturated rings. The zero-order valence-electron chi connectivity index (χ0n) is 50.6. The molecule has 11 nitrogen and oxygen atoms in total. The molecule has 0 aliphatic carbocycles. The van der Waals surface area contributed by atoms with E-state index in [0.29, 0.717) is 19.4 Å². The van der Waals surface area contributed by atoms with Crippen molar-refractivity contribution >= 4 is 11.9 Å². The summed E-state index contributed by atoms with van der Waals surface area (Å²) in [6.45, 7) is 4.31. The Balaban J connectivity index is 1.95. The quantitative estimate of drug-likeness (QED) is 0.0195. The lowest BCUT2D eigenvalue weighted by Crippen LogP contribution is -2.60. The van der Waals surface area contributed by atoms with Crippen LogP contribution in [0.1, 0.15) is 316 Å². The summed E-state index contributed by atoms with van der Waals surface area (Å²) < 4.78 is 16.7. The first-order valence-electron chi connectivity index (χ1n) is 33.3. The molecule has 7 atom stereocenters. The van der Waals surface area contributed by atoms with E-state index in [1.807, 2.05) is 6.08 Å². The zero-order valence-corrected chi connectivity index (χ0v) is 50.6. The van der Waals surface area contributed by atoms with Gasteiger partial charge < -0.3 is 45.1 Å². The summed E-state index contributed by atoms with van der Waals surface area (Å²) in [6, 6.07) is -0.808. The lowest BCUT2D eigenvalue weighted by atomic mass is 9.99. The number of amides is 1. The van der Waals surface area contributed by atoms with Crippen molar-refractivity contribution in [2.45, 2.75) is 358 Å². The van der Waals surface area contributed by atoms with Crippen LogP contribution in [0.25, 0.3) is 0 Å². The van der Waals surface area contributed by atoms with Crippen LogP contribution >= 0.6 is 0 Å². The molecular weight excluding hydrogens is 979 g/mol. The van der Waals surface area contributed by atoms with Crippen molar-refractivity contribution < 1.29 is 49.3 Å². The number of hydrogen-bond acceptors (Lipinski definition) is 10. The third kappa shape index (κ3) is 45.5. The van der Waals surface area contributed by atoms with Gasteiger partial charge in [-0.25, -0.2) is 0 Å². The lowest BCUT2D eigenvalue weighted by Gasteiger charge is -2.40. The van der Waals surface area contributed by atoms with Crippen LogP contribution in [0.5, 0.6) is 0 Å². The average molecular weight is 1100 g/mol. The first kappa shape index (κ1) is 73.9. The third-order valence-electron chi connectivity index (χ3n) is 15.7. The molecule has 7 unspecified atom stereocenters. The second-order valence-corrected chi connectivity index (χ2v) is 23.2. The number of aliphatic hydroxyl groups is 5. The standard InChI is InChI=1S/C67H125NO10/c1-3-5-7-9-11-13-14-31-35-39-43-47-51-55-63(72)76-56-52-48-44-40-36-33-30-28-26-24-22-20-18-16-15-17-19-21-23-25-27-29-32-34-38-42-46-50-54-62(71)68-59(60(70)53-49-45-41-37-12-10-8-6-4-2)58-77-67-66(75)65(74)64(73)61(57-69)78-67/h13-16,49,53,59-61,64-67,69-70,73-75H,3-12,17-48,50-52,54-58H2,1-2H3,(H,68,71)/b14-13-,16-15-,53-49+. The van der Waals surface area contributed by atoms with Crippen molar-refractivity contribution in [3.63, 3.8) is 0 Å². The van der Waals surface area contributed by atoms with Gasteiger partial charge in [-0.3, -0.25) is 9.59 Å². The van der Waals surface area contributed by atoms with Gasteiger partial charge in [-0.2, -0.15) is 0 Å². The number of hydrogen-bond donors (Lipinski definition) is 6. The predicted octanol–water partition coefficient (Wildman–Crippen LogP) is 16.2. The second kappa shape index (κ2) is 56.7. The highest BCUT2D eigenvalue weighted by Crippen LogP contribution is 2.23. The number of carbonyl (C=O) groups excluding carboxylic acids is 2. The normalized spacial score (nSPS) is 18.7. The Morgan fingerprint density at radius 1 is 0.462 bits per heavy atom. The van der Waals surface area contributed by atoms with Crippen molar-refractivity contribution in [3.8, 4) is 0 Å². The van der Waals surface area contributed by atoms with Gasteiger partial charge in [0.15, 0.2) is 6.29 Å². The SMILES string of the molecule is CCCCCC/C=C\CCCCCCCC(=O)OCCCCCCCCCCCCCC/C=C\CCCCCCCCCCCCCCC(=O)NC(COC1OC(CO)C(O)C(O)C1O)C(O)/C=C/CCCCCCCCC. The Morgan fingerprint density at radius 2 is 0.821 bits per heavy atom. The largest absolute Gasteiger partial charge is 0.466 e. The van der Waals surface area contributed by atoms with Crippen LogP contribution < -0.4 is 5.32 Å². The lowest BCUT2D eigenvalue weighted by molar-refractivity contribution is -0.302. The molecule has 0 saturated carbocycles. The van der Waals surface area contributed by atoms with Gasteiger partial charge in [-0.1, -0.05) is 256 Å². The smallest absolute Gasteiger partial charge is 0.305 e. The molecule has 1 aliphatic heterocycles. The summed E-state index contributed by atoms with van der Waals surface area (Å²) in [5.74, 6) is -0.186. The Labute approximate surface area is 479 Å². The summed E-state index contributed by atoms with van der Waals surface area (Å²) in [6.07, 6.45) is 61.4. The van der Waals surface area contributed by atoms with Gasteiger partial charge in [0.1, 0.15) is 24.4 Å². The molecule has 0 aromatic heterocycles. The molecule has 0 spiro atoms. The average Bonchev–Trinajstić information content (AvgIpc) is 3.45. The van der Waals surface area contributed by atoms with Crippen molar-refractivity contribution in [2.24, 2.45) is 0 Å². The summed E-state index contributed by atoms with van der Waals surface area (Å²) in [5.41, 5.74) is 0. The van der Waals surface area contributed by atoms with Crippen LogP contribution in [0.4, 0.5) is 0 Å². The van der Waals surface area contributed by atoms with Crippen molar-refractivity contribution in [1.29, 1.82) is 0 Å². The molecule has 458 valence electrons. The fourth-order valence-corrected chi connectivity index (χ4v) is 10.4. The Bertz CT molecular complexity index is 1390. The topological polar surface area (TPSA) is 175 Å². The number of nitrogens with one attached hydrogen (secondary N) is 1. The Hall–Kier alpha value is -2.12. The molecule has 1 saturated heterocycles. The fraction of sp³-hybridized carbons (Fsp3) is 0.881. The van der Waals surface area contributed by atoms with Crippen LogP contribution in [0, 0.1) is 0 Å². The molecule has 0 radical (unpaired) electrons. The van der Waals surface area contributed by atoms with E-state index < -0.39 is 49.5 Å². The zero-order chi connectivity index (χ0) is 56.6. The van der Waals surface area contributed by atoms with Crippen LogP contribution in [0.15, 0.2) is 36.5 Å². The van der Waals surface area contributed by atoms with E-state index in [2.05, 4.69) is 43.5 Å². The van der Waals surface area contributed by atoms with Crippen LogP contribution in [0.2, 0.25) is 0 Å². The molecule has 11 heteroatoms. The molecule has 0 aromatic rings.